The zero-order chi connectivity index (χ0) is 13.1. The van der Waals surface area contributed by atoms with Crippen molar-refractivity contribution in [2.45, 2.75) is 0 Å². The summed E-state index contributed by atoms with van der Waals surface area (Å²) < 4.78 is 0. The fourth-order valence-electron chi connectivity index (χ4n) is 0.990. The normalized spacial score (nSPS) is 9.53. The summed E-state index contributed by atoms with van der Waals surface area (Å²) in [4.78, 5) is 33.7. The second kappa shape index (κ2) is 10.2. The maximum absolute atomic E-state index is 10.8. The highest BCUT2D eigenvalue weighted by molar-refractivity contribution is 6.27. The average Bonchev–Trinajstić information content (AvgIpc) is 2.36. The van der Waals surface area contributed by atoms with Crippen LogP contribution in [0.5, 0.6) is 0 Å². The Morgan fingerprint density at radius 1 is 1.00 bits per heavy atom. The second-order valence-corrected chi connectivity index (χ2v) is 3.64. The van der Waals surface area contributed by atoms with Crippen LogP contribution in [0.15, 0.2) is 0 Å². The molecule has 0 aromatic rings. The van der Waals surface area contributed by atoms with Crippen molar-refractivity contribution in [2.24, 2.45) is 0 Å². The smallest absolute Gasteiger partial charge is 0.234 e. The van der Waals surface area contributed by atoms with Crippen LogP contribution in [0, 0.1) is 0 Å². The lowest BCUT2D eigenvalue weighted by Crippen LogP contribution is -2.39. The molecule has 2 N–H and O–H groups in total. The Hall–Kier alpha value is -1.01. The molecule has 0 spiro atoms. The molecular weight excluding hydrogens is 269 g/mol. The lowest BCUT2D eigenvalue weighted by Gasteiger charge is -2.17. The number of hydrogen-bond acceptors (Lipinski definition) is 3. The Labute approximate surface area is 110 Å². The molecule has 0 aliphatic carbocycles. The van der Waals surface area contributed by atoms with Gasteiger partial charge in [-0.05, 0) is 0 Å². The van der Waals surface area contributed by atoms with Crippen molar-refractivity contribution in [1.82, 2.24) is 15.5 Å². The average molecular weight is 284 g/mol. The van der Waals surface area contributed by atoms with Crippen molar-refractivity contribution in [3.63, 3.8) is 0 Å². The summed E-state index contributed by atoms with van der Waals surface area (Å²) in [5, 5.41) is 5.06. The minimum atomic E-state index is -0.284. The Kier molecular flexibility index (Phi) is 9.56. The van der Waals surface area contributed by atoms with Crippen molar-refractivity contribution >= 4 is 41.4 Å². The molecule has 0 unspecified atom stereocenters. The summed E-state index contributed by atoms with van der Waals surface area (Å²) in [7, 11) is 0. The lowest BCUT2D eigenvalue weighted by molar-refractivity contribution is -0.121. The number of hydrogen-bond donors (Lipinski definition) is 2. The van der Waals surface area contributed by atoms with Crippen LogP contribution in [0.4, 0.5) is 0 Å². The maximum Gasteiger partial charge on any atom is 0.234 e. The van der Waals surface area contributed by atoms with E-state index in [2.05, 4.69) is 10.6 Å². The van der Waals surface area contributed by atoms with Crippen molar-refractivity contribution in [1.29, 1.82) is 0 Å². The summed E-state index contributed by atoms with van der Waals surface area (Å²) in [6.45, 7) is 1.38. The number of carbonyl (C=O) groups excluding carboxylic acids is 3. The number of amides is 3. The molecule has 0 bridgehead atoms. The van der Waals surface area contributed by atoms with Crippen molar-refractivity contribution in [3.8, 4) is 0 Å². The highest BCUT2D eigenvalue weighted by Crippen LogP contribution is 1.82. The molecule has 0 aromatic heterocycles. The lowest BCUT2D eigenvalue weighted by atomic mass is 10.4. The number of carbonyl (C=O) groups is 3. The summed E-state index contributed by atoms with van der Waals surface area (Å²) in [6, 6.07) is 0. The second-order valence-electron chi connectivity index (χ2n) is 3.11. The first-order valence-corrected chi connectivity index (χ1v) is 6.05. The van der Waals surface area contributed by atoms with E-state index in [0.29, 0.717) is 32.6 Å². The van der Waals surface area contributed by atoms with Crippen LogP contribution >= 0.6 is 23.2 Å². The molecule has 0 aromatic carbocycles. The maximum atomic E-state index is 10.8. The highest BCUT2D eigenvalue weighted by Gasteiger charge is 2.04. The van der Waals surface area contributed by atoms with Gasteiger partial charge in [0, 0.05) is 26.2 Å². The summed E-state index contributed by atoms with van der Waals surface area (Å²) in [5.74, 6) is -0.777. The van der Waals surface area contributed by atoms with E-state index in [1.54, 1.807) is 0 Å². The van der Waals surface area contributed by atoms with Gasteiger partial charge in [0.05, 0.1) is 0 Å². The number of halogens is 2. The van der Waals surface area contributed by atoms with Crippen LogP contribution in [0.3, 0.4) is 0 Å². The molecule has 0 aliphatic rings. The van der Waals surface area contributed by atoms with Crippen molar-refractivity contribution in [3.05, 3.63) is 0 Å². The third kappa shape index (κ3) is 8.76. The van der Waals surface area contributed by atoms with E-state index in [4.69, 9.17) is 23.2 Å². The molecule has 3 amide bonds. The Balaban J connectivity index is 3.66. The van der Waals surface area contributed by atoms with Crippen LogP contribution in [0.1, 0.15) is 0 Å². The van der Waals surface area contributed by atoms with Gasteiger partial charge >= 0.3 is 0 Å². The SMILES string of the molecule is O=CN(CCNC(=O)CCl)CCNC(=O)CCl. The van der Waals surface area contributed by atoms with Crippen LogP contribution in [-0.4, -0.2) is 61.1 Å². The van der Waals surface area contributed by atoms with Gasteiger partial charge < -0.3 is 15.5 Å². The molecule has 0 atom stereocenters. The van der Waals surface area contributed by atoms with Crippen LogP contribution in [-0.2, 0) is 14.4 Å². The van der Waals surface area contributed by atoms with Crippen LogP contribution in [0.25, 0.3) is 0 Å². The number of nitrogens with zero attached hydrogens (tertiary/aromatic N) is 1. The number of alkyl halides is 2. The Morgan fingerprint density at radius 2 is 1.41 bits per heavy atom. The third-order valence-corrected chi connectivity index (χ3v) is 2.32. The molecule has 8 heteroatoms. The molecule has 98 valence electrons. The molecule has 0 fully saturated rings. The first kappa shape index (κ1) is 16.0. The van der Waals surface area contributed by atoms with Crippen molar-refractivity contribution < 1.29 is 14.4 Å². The zero-order valence-electron chi connectivity index (χ0n) is 9.25. The van der Waals surface area contributed by atoms with E-state index >= 15 is 0 Å². The van der Waals surface area contributed by atoms with Gasteiger partial charge in [0.25, 0.3) is 0 Å². The fourth-order valence-corrected chi connectivity index (χ4v) is 1.18. The van der Waals surface area contributed by atoms with E-state index < -0.39 is 0 Å². The van der Waals surface area contributed by atoms with E-state index in [0.717, 1.165) is 0 Å². The number of nitrogens with one attached hydrogen (secondary N) is 2. The predicted octanol–water partition coefficient (Wildman–Crippen LogP) is -0.845. The molecule has 0 aliphatic heterocycles. The zero-order valence-corrected chi connectivity index (χ0v) is 10.8. The highest BCUT2D eigenvalue weighted by atomic mass is 35.5. The third-order valence-electron chi connectivity index (χ3n) is 1.83. The van der Waals surface area contributed by atoms with Gasteiger partial charge in [0.15, 0.2) is 0 Å². The molecule has 0 heterocycles. The minimum Gasteiger partial charge on any atom is -0.353 e. The van der Waals surface area contributed by atoms with E-state index in [1.807, 2.05) is 0 Å². The van der Waals surface area contributed by atoms with Gasteiger partial charge in [-0.2, -0.15) is 0 Å². The minimum absolute atomic E-state index is 0.104. The summed E-state index contributed by atoms with van der Waals surface area (Å²) in [6.07, 6.45) is 0.652. The largest absolute Gasteiger partial charge is 0.353 e. The van der Waals surface area contributed by atoms with E-state index in [-0.39, 0.29) is 23.6 Å². The Bertz CT molecular complexity index is 242. The van der Waals surface area contributed by atoms with E-state index in [9.17, 15) is 14.4 Å². The van der Waals surface area contributed by atoms with Gasteiger partial charge in [-0.1, -0.05) is 0 Å². The molecule has 6 nitrogen and oxygen atoms in total. The Morgan fingerprint density at radius 3 is 1.71 bits per heavy atom. The summed E-state index contributed by atoms with van der Waals surface area (Å²) in [5.41, 5.74) is 0. The first-order valence-electron chi connectivity index (χ1n) is 4.98. The molecule has 17 heavy (non-hydrogen) atoms. The molecule has 0 rings (SSSR count). The van der Waals surface area contributed by atoms with Gasteiger partial charge in [0.1, 0.15) is 11.8 Å². The van der Waals surface area contributed by atoms with Crippen molar-refractivity contribution in [2.75, 3.05) is 37.9 Å². The summed E-state index contributed by atoms with van der Waals surface area (Å²) >= 11 is 10.6. The molecular formula is C9H15Cl2N3O3. The quantitative estimate of drug-likeness (QED) is 0.428. The standard InChI is InChI=1S/C9H15Cl2N3O3/c10-5-8(16)12-1-3-14(7-15)4-2-13-9(17)6-11/h7H,1-6H2,(H,12,16)(H,13,17). The topological polar surface area (TPSA) is 78.5 Å². The number of rotatable bonds is 9. The molecule has 0 saturated carbocycles. The first-order chi connectivity index (χ1) is 8.13. The van der Waals surface area contributed by atoms with Gasteiger partial charge in [0.2, 0.25) is 18.2 Å². The van der Waals surface area contributed by atoms with Crippen LogP contribution < -0.4 is 10.6 Å². The fraction of sp³-hybridized carbons (Fsp3) is 0.667. The van der Waals surface area contributed by atoms with Gasteiger partial charge in [-0.15, -0.1) is 23.2 Å². The molecule has 0 radical (unpaired) electrons. The molecule has 0 saturated heterocycles. The van der Waals surface area contributed by atoms with E-state index in [1.165, 1.54) is 4.90 Å². The monoisotopic (exact) mass is 283 g/mol. The predicted molar refractivity (Wildman–Crippen MR) is 65.1 cm³/mol. The van der Waals surface area contributed by atoms with Crippen LogP contribution in [0.2, 0.25) is 0 Å². The van der Waals surface area contributed by atoms with Gasteiger partial charge in [-0.25, -0.2) is 0 Å². The van der Waals surface area contributed by atoms with Gasteiger partial charge in [-0.3, -0.25) is 14.4 Å².